The second-order valence-electron chi connectivity index (χ2n) is 4.94. The smallest absolute Gasteiger partial charge is 0.0774 e. The van der Waals surface area contributed by atoms with Crippen LogP contribution < -0.4 is 10.2 Å². The summed E-state index contributed by atoms with van der Waals surface area (Å²) in [5.74, 6) is 0. The molecule has 3 rings (SSSR count). The Balaban J connectivity index is 1.61. The highest BCUT2D eigenvalue weighted by Gasteiger charge is 2.11. The number of benzene rings is 1. The van der Waals surface area contributed by atoms with Gasteiger partial charge in [0.2, 0.25) is 0 Å². The summed E-state index contributed by atoms with van der Waals surface area (Å²) in [6, 6.07) is 8.65. The van der Waals surface area contributed by atoms with Crippen molar-refractivity contribution in [3.05, 3.63) is 36.2 Å². The van der Waals surface area contributed by atoms with Gasteiger partial charge in [-0.1, -0.05) is 5.21 Å². The predicted octanol–water partition coefficient (Wildman–Crippen LogP) is 2.03. The van der Waals surface area contributed by atoms with Gasteiger partial charge in [0, 0.05) is 31.5 Å². The molecule has 5 heteroatoms. The zero-order valence-corrected chi connectivity index (χ0v) is 11.2. The molecule has 0 amide bonds. The fourth-order valence-electron chi connectivity index (χ4n) is 2.43. The summed E-state index contributed by atoms with van der Waals surface area (Å²) in [6.45, 7) is 3.12. The van der Waals surface area contributed by atoms with Gasteiger partial charge in [0.1, 0.15) is 0 Å². The number of hydrogen-bond acceptors (Lipinski definition) is 4. The lowest BCUT2D eigenvalue weighted by Gasteiger charge is -2.18. The van der Waals surface area contributed by atoms with E-state index in [9.17, 15) is 0 Å². The number of aryl methyl sites for hydroxylation is 1. The Kier molecular flexibility index (Phi) is 3.35. The second-order valence-corrected chi connectivity index (χ2v) is 4.94. The van der Waals surface area contributed by atoms with Crippen LogP contribution in [0.15, 0.2) is 30.5 Å². The van der Waals surface area contributed by atoms with E-state index < -0.39 is 0 Å². The Morgan fingerprint density at radius 3 is 2.53 bits per heavy atom. The minimum absolute atomic E-state index is 0.743. The first-order valence-electron chi connectivity index (χ1n) is 6.75. The van der Waals surface area contributed by atoms with E-state index in [1.807, 2.05) is 7.05 Å². The zero-order valence-electron chi connectivity index (χ0n) is 11.2. The molecule has 0 spiro atoms. The van der Waals surface area contributed by atoms with Gasteiger partial charge in [-0.15, -0.1) is 5.10 Å². The highest BCUT2D eigenvalue weighted by molar-refractivity contribution is 5.55. The van der Waals surface area contributed by atoms with Gasteiger partial charge in [0.25, 0.3) is 0 Å². The van der Waals surface area contributed by atoms with Crippen LogP contribution in [0.25, 0.3) is 0 Å². The normalized spacial score (nSPS) is 14.9. The van der Waals surface area contributed by atoms with Gasteiger partial charge in [-0.2, -0.15) is 0 Å². The molecule has 0 aliphatic carbocycles. The van der Waals surface area contributed by atoms with Crippen molar-refractivity contribution in [3.8, 4) is 0 Å². The summed E-state index contributed by atoms with van der Waals surface area (Å²) >= 11 is 0. The maximum atomic E-state index is 3.92. The molecule has 100 valence electrons. The van der Waals surface area contributed by atoms with Crippen LogP contribution >= 0.6 is 0 Å². The van der Waals surface area contributed by atoms with Gasteiger partial charge < -0.3 is 10.2 Å². The number of anilines is 2. The molecule has 1 aromatic carbocycles. The maximum Gasteiger partial charge on any atom is 0.0774 e. The molecule has 0 atom stereocenters. The predicted molar refractivity (Wildman–Crippen MR) is 76.2 cm³/mol. The van der Waals surface area contributed by atoms with Gasteiger partial charge >= 0.3 is 0 Å². The van der Waals surface area contributed by atoms with Crippen LogP contribution in [0, 0.1) is 0 Å². The van der Waals surface area contributed by atoms with Crippen molar-refractivity contribution in [1.29, 1.82) is 0 Å². The molecule has 1 fully saturated rings. The van der Waals surface area contributed by atoms with Crippen molar-refractivity contribution in [2.45, 2.75) is 19.4 Å². The molecule has 0 saturated carbocycles. The van der Waals surface area contributed by atoms with Crippen molar-refractivity contribution in [2.24, 2.45) is 7.05 Å². The molecule has 19 heavy (non-hydrogen) atoms. The largest absolute Gasteiger partial charge is 0.379 e. The highest BCUT2D eigenvalue weighted by atomic mass is 15.4. The monoisotopic (exact) mass is 257 g/mol. The van der Waals surface area contributed by atoms with Crippen LogP contribution in [-0.4, -0.2) is 28.1 Å². The van der Waals surface area contributed by atoms with Gasteiger partial charge in [-0.3, -0.25) is 4.68 Å². The summed E-state index contributed by atoms with van der Waals surface area (Å²) < 4.78 is 1.78. The minimum atomic E-state index is 0.743. The van der Waals surface area contributed by atoms with E-state index in [0.717, 1.165) is 17.9 Å². The molecule has 0 unspecified atom stereocenters. The van der Waals surface area contributed by atoms with E-state index in [0.29, 0.717) is 0 Å². The Hall–Kier alpha value is -2.04. The molecule has 5 nitrogen and oxygen atoms in total. The van der Waals surface area contributed by atoms with E-state index in [1.165, 1.54) is 31.6 Å². The Bertz CT molecular complexity index is 525. The number of nitrogens with zero attached hydrogens (tertiary/aromatic N) is 4. The topological polar surface area (TPSA) is 46.0 Å². The van der Waals surface area contributed by atoms with Crippen LogP contribution in [0.1, 0.15) is 18.5 Å². The standard InChI is InChI=1S/C14H19N5/c1-18-14(11-16-17-18)10-15-12-4-6-13(7-5-12)19-8-2-3-9-19/h4-7,11,15H,2-3,8-10H2,1H3. The van der Waals surface area contributed by atoms with Gasteiger partial charge in [0.05, 0.1) is 18.4 Å². The fraction of sp³-hybridized carbons (Fsp3) is 0.429. The van der Waals surface area contributed by atoms with Crippen molar-refractivity contribution >= 4 is 11.4 Å². The Morgan fingerprint density at radius 2 is 1.89 bits per heavy atom. The summed E-state index contributed by atoms with van der Waals surface area (Å²) in [7, 11) is 1.90. The molecule has 1 aliphatic heterocycles. The van der Waals surface area contributed by atoms with Gasteiger partial charge in [-0.25, -0.2) is 0 Å². The number of hydrogen-bond donors (Lipinski definition) is 1. The van der Waals surface area contributed by atoms with Gasteiger partial charge in [0.15, 0.2) is 0 Å². The number of rotatable bonds is 4. The fourth-order valence-corrected chi connectivity index (χ4v) is 2.43. The van der Waals surface area contributed by atoms with E-state index in [1.54, 1.807) is 10.9 Å². The van der Waals surface area contributed by atoms with E-state index in [2.05, 4.69) is 44.8 Å². The summed E-state index contributed by atoms with van der Waals surface area (Å²) in [6.07, 6.45) is 4.41. The third kappa shape index (κ3) is 2.70. The van der Waals surface area contributed by atoms with Crippen LogP contribution in [0.2, 0.25) is 0 Å². The third-order valence-corrected chi connectivity index (χ3v) is 3.62. The van der Waals surface area contributed by atoms with Crippen LogP contribution in [0.5, 0.6) is 0 Å². The van der Waals surface area contributed by atoms with E-state index in [4.69, 9.17) is 0 Å². The van der Waals surface area contributed by atoms with Crippen LogP contribution in [0.3, 0.4) is 0 Å². The average Bonchev–Trinajstić information content (AvgIpc) is 3.09. The molecule has 2 aromatic rings. The lowest BCUT2D eigenvalue weighted by molar-refractivity contribution is 0.683. The van der Waals surface area contributed by atoms with Crippen LogP contribution in [-0.2, 0) is 13.6 Å². The first-order chi connectivity index (χ1) is 9.33. The SMILES string of the molecule is Cn1nncc1CNc1ccc(N2CCCC2)cc1. The van der Waals surface area contributed by atoms with E-state index >= 15 is 0 Å². The maximum absolute atomic E-state index is 3.92. The third-order valence-electron chi connectivity index (χ3n) is 3.62. The second kappa shape index (κ2) is 5.30. The molecule has 1 aliphatic rings. The first-order valence-corrected chi connectivity index (χ1v) is 6.75. The molecular weight excluding hydrogens is 238 g/mol. The summed E-state index contributed by atoms with van der Waals surface area (Å²) in [5.41, 5.74) is 3.53. The summed E-state index contributed by atoms with van der Waals surface area (Å²) in [5, 5.41) is 11.2. The number of nitrogens with one attached hydrogen (secondary N) is 1. The molecule has 2 heterocycles. The van der Waals surface area contributed by atoms with Crippen LogP contribution in [0.4, 0.5) is 11.4 Å². The molecule has 0 radical (unpaired) electrons. The molecular formula is C14H19N5. The molecule has 1 aromatic heterocycles. The summed E-state index contributed by atoms with van der Waals surface area (Å²) in [4.78, 5) is 2.44. The lowest BCUT2D eigenvalue weighted by Crippen LogP contribution is -2.17. The van der Waals surface area contributed by atoms with Crippen molar-refractivity contribution in [2.75, 3.05) is 23.3 Å². The zero-order chi connectivity index (χ0) is 13.1. The highest BCUT2D eigenvalue weighted by Crippen LogP contribution is 2.22. The van der Waals surface area contributed by atoms with Crippen molar-refractivity contribution < 1.29 is 0 Å². The van der Waals surface area contributed by atoms with Crippen molar-refractivity contribution in [1.82, 2.24) is 15.0 Å². The number of aromatic nitrogens is 3. The Morgan fingerprint density at radius 1 is 1.16 bits per heavy atom. The molecule has 1 N–H and O–H groups in total. The average molecular weight is 257 g/mol. The Labute approximate surface area is 113 Å². The van der Waals surface area contributed by atoms with Crippen molar-refractivity contribution in [3.63, 3.8) is 0 Å². The van der Waals surface area contributed by atoms with Gasteiger partial charge in [-0.05, 0) is 37.1 Å². The molecule has 0 bridgehead atoms. The minimum Gasteiger partial charge on any atom is -0.379 e. The quantitative estimate of drug-likeness (QED) is 0.910. The lowest BCUT2D eigenvalue weighted by atomic mass is 10.2. The first kappa shape index (κ1) is 12.0. The van der Waals surface area contributed by atoms with E-state index in [-0.39, 0.29) is 0 Å². The molecule has 1 saturated heterocycles.